The van der Waals surface area contributed by atoms with Crippen LogP contribution >= 0.6 is 0 Å². The van der Waals surface area contributed by atoms with Crippen LogP contribution in [0.3, 0.4) is 0 Å². The van der Waals surface area contributed by atoms with Crippen LogP contribution < -0.4 is 4.74 Å². The average Bonchev–Trinajstić information content (AvgIpc) is 3.33. The average molecular weight is 1020 g/mol. The van der Waals surface area contributed by atoms with Crippen molar-refractivity contribution in [3.05, 3.63) is 117 Å². The van der Waals surface area contributed by atoms with E-state index in [1.165, 1.54) is 36.0 Å². The SMILES string of the molecule is CCCCC(C)c1cc(O)c([C@@H]2C=C(C)CC[C@H]2C(C)=O)c(C(=O)O)c1.CCCCCc1cc(O)c([C@@H]2C=C(C)CC[C@H]2C(C)=O)c(O)c1.CCCCCc1cc(O)c2c(c1)OC(C)(C)C1CCC(C)=C[C@@H]21.[C-]#[O+]. The van der Waals surface area contributed by atoms with Gasteiger partial charge < -0.3 is 30.3 Å². The number of hydrogen-bond acceptors (Lipinski definition) is 8. The van der Waals surface area contributed by atoms with Gasteiger partial charge in [-0.1, -0.05) is 101 Å². The number of unbranched alkanes of at least 4 members (excludes halogenated alkanes) is 5. The maximum atomic E-state index is 12.1. The fourth-order valence-electron chi connectivity index (χ4n) is 11.8. The number of carboxylic acids is 1. The van der Waals surface area contributed by atoms with Gasteiger partial charge in [0, 0.05) is 52.2 Å². The Bertz CT molecular complexity index is 2500. The summed E-state index contributed by atoms with van der Waals surface area (Å²) in [7, 11) is 0. The zero-order valence-electron chi connectivity index (χ0n) is 46.5. The molecule has 3 aromatic rings. The van der Waals surface area contributed by atoms with E-state index in [9.17, 15) is 39.9 Å². The van der Waals surface area contributed by atoms with Crippen LogP contribution in [-0.4, -0.2) is 48.7 Å². The van der Waals surface area contributed by atoms with Gasteiger partial charge in [-0.3, -0.25) is 9.59 Å². The molecule has 7 atom stereocenters. The molecule has 0 amide bonds. The molecule has 0 radical (unpaired) electrons. The molecule has 404 valence electrons. The molecule has 3 aliphatic carbocycles. The predicted molar refractivity (Wildman–Crippen MR) is 295 cm³/mol. The van der Waals surface area contributed by atoms with Crippen molar-refractivity contribution in [3.63, 3.8) is 0 Å². The van der Waals surface area contributed by atoms with E-state index in [0.717, 1.165) is 111 Å². The van der Waals surface area contributed by atoms with E-state index in [1.807, 2.05) is 32.1 Å². The fraction of sp³-hybridized carbons (Fsp3) is 0.562. The first kappa shape index (κ1) is 61.0. The molecule has 1 heterocycles. The van der Waals surface area contributed by atoms with Gasteiger partial charge in [0.15, 0.2) is 0 Å². The van der Waals surface area contributed by atoms with Gasteiger partial charge in [-0.2, -0.15) is 0 Å². The monoisotopic (exact) mass is 1020 g/mol. The van der Waals surface area contributed by atoms with Crippen LogP contribution in [0.5, 0.6) is 28.7 Å². The van der Waals surface area contributed by atoms with Crippen LogP contribution in [0.15, 0.2) is 71.3 Å². The van der Waals surface area contributed by atoms with E-state index < -0.39 is 5.97 Å². The van der Waals surface area contributed by atoms with Crippen LogP contribution in [0.4, 0.5) is 0 Å². The molecule has 10 nitrogen and oxygen atoms in total. The summed E-state index contributed by atoms with van der Waals surface area (Å²) in [6.45, 7) is 26.8. The Morgan fingerprint density at radius 1 is 0.622 bits per heavy atom. The van der Waals surface area contributed by atoms with Gasteiger partial charge in [0.25, 0.3) is 0 Å². The molecule has 0 saturated heterocycles. The van der Waals surface area contributed by atoms with E-state index in [1.54, 1.807) is 38.1 Å². The Morgan fingerprint density at radius 2 is 1.05 bits per heavy atom. The number of carboxylic acid groups (broad SMARTS) is 1. The summed E-state index contributed by atoms with van der Waals surface area (Å²) in [5, 5.41) is 52.1. The molecule has 1 aliphatic heterocycles. The number of carbonyl (C=O) groups is 3. The van der Waals surface area contributed by atoms with Crippen molar-refractivity contribution >= 4 is 17.5 Å². The Labute approximate surface area is 443 Å². The second-order valence-electron chi connectivity index (χ2n) is 22.3. The van der Waals surface area contributed by atoms with Crippen molar-refractivity contribution in [2.75, 3.05) is 0 Å². The number of aromatic hydroxyl groups is 4. The maximum absolute atomic E-state index is 12.1. The first-order chi connectivity index (χ1) is 35.1. The zero-order valence-corrected chi connectivity index (χ0v) is 46.5. The van der Waals surface area contributed by atoms with Gasteiger partial charge in [-0.05, 0) is 178 Å². The van der Waals surface area contributed by atoms with Crippen molar-refractivity contribution in [1.82, 2.24) is 0 Å². The van der Waals surface area contributed by atoms with E-state index in [-0.39, 0.29) is 75.5 Å². The number of aromatic carboxylic acids is 1. The summed E-state index contributed by atoms with van der Waals surface area (Å²) in [5.41, 5.74) is 8.58. The molecule has 0 bridgehead atoms. The molecule has 0 spiro atoms. The van der Waals surface area contributed by atoms with Crippen molar-refractivity contribution in [2.24, 2.45) is 17.8 Å². The van der Waals surface area contributed by atoms with Gasteiger partial charge in [0.2, 0.25) is 0 Å². The number of phenolic OH excluding ortho intramolecular Hbond substituents is 4. The third-order valence-electron chi connectivity index (χ3n) is 16.0. The minimum absolute atomic E-state index is 0.00884. The van der Waals surface area contributed by atoms with Gasteiger partial charge in [0.05, 0.1) is 5.56 Å². The fourth-order valence-corrected chi connectivity index (χ4v) is 11.8. The summed E-state index contributed by atoms with van der Waals surface area (Å²) < 4.78 is 13.9. The Morgan fingerprint density at radius 3 is 1.53 bits per heavy atom. The Kier molecular flexibility index (Phi) is 23.4. The molecular formula is C64H88O10. The molecule has 0 aromatic heterocycles. The number of allylic oxidation sites excluding steroid dienone is 6. The molecule has 3 aromatic carbocycles. The standard InChI is InChI=1S/C22H30O4.C21H30O2.C20H28O3.CO/c1-5-6-7-14(3)16-11-19(22(25)26)21(20(24)12-16)18-10-13(2)8-9-17(18)15(4)23;1-5-6-7-8-15-12-18(22)20-16-11-14(2)9-10-17(16)21(3,4)23-19(20)13-15;1-4-5-6-7-15-11-18(22)20(19(23)12-15)17-10-13(2)8-9-16(17)14(3)21;1-2/h10-12,14,17-18,24H,5-9H2,1-4H3,(H,25,26);11-13,16-17,22H,5-10H2,1-4H3;10-12,16-17,22-23H,4-9H2,1-3H3;/t14?,17-,18+;16-,17?;16-,17+;/m010./s1. The van der Waals surface area contributed by atoms with Gasteiger partial charge in [0.1, 0.15) is 45.9 Å². The summed E-state index contributed by atoms with van der Waals surface area (Å²) in [4.78, 5) is 36.0. The number of fused-ring (bicyclic) bond motifs is 3. The van der Waals surface area contributed by atoms with E-state index in [2.05, 4.69) is 67.3 Å². The number of ketones is 2. The number of aryl methyl sites for hydroxylation is 2. The minimum atomic E-state index is -1.06. The number of ether oxygens (including phenoxy) is 1. The number of carbonyl (C=O) groups excluding carboxylic acids is 2. The molecule has 0 fully saturated rings. The second kappa shape index (κ2) is 28.4. The number of benzene rings is 3. The predicted octanol–water partition coefficient (Wildman–Crippen LogP) is 16.0. The molecule has 2 unspecified atom stereocenters. The second-order valence-corrected chi connectivity index (χ2v) is 22.3. The quantitative estimate of drug-likeness (QED) is 0.0380. The number of hydrogen-bond donors (Lipinski definition) is 5. The van der Waals surface area contributed by atoms with Crippen LogP contribution in [-0.2, 0) is 27.1 Å². The summed E-state index contributed by atoms with van der Waals surface area (Å²) in [6, 6.07) is 11.0. The van der Waals surface area contributed by atoms with Gasteiger partial charge in [-0.15, -0.1) is 0 Å². The number of phenols is 4. The van der Waals surface area contributed by atoms with Crippen molar-refractivity contribution < 1.29 is 49.3 Å². The van der Waals surface area contributed by atoms with Crippen molar-refractivity contribution in [3.8, 4) is 28.7 Å². The van der Waals surface area contributed by atoms with Gasteiger partial charge >= 0.3 is 17.3 Å². The van der Waals surface area contributed by atoms with Crippen LogP contribution in [0.1, 0.15) is 240 Å². The Balaban J connectivity index is 0.000000237. The summed E-state index contributed by atoms with van der Waals surface area (Å²) >= 11 is 0. The third-order valence-corrected chi connectivity index (χ3v) is 16.0. The molecule has 74 heavy (non-hydrogen) atoms. The normalized spacial score (nSPS) is 21.8. The zero-order chi connectivity index (χ0) is 55.0. The molecular weight excluding hydrogens is 929 g/mol. The molecule has 5 N–H and O–H groups in total. The van der Waals surface area contributed by atoms with Crippen LogP contribution in [0, 0.1) is 24.4 Å². The van der Waals surface area contributed by atoms with Crippen molar-refractivity contribution in [2.45, 2.75) is 215 Å². The third kappa shape index (κ3) is 15.7. The molecule has 0 saturated carbocycles. The first-order valence-electron chi connectivity index (χ1n) is 27.5. The molecule has 10 heteroatoms. The number of Topliss-reactive ketones (excluding diaryl/α,β-unsaturated/α-hetero) is 2. The molecule has 7 rings (SSSR count). The number of rotatable bonds is 17. The topological polar surface area (TPSA) is 181 Å². The van der Waals surface area contributed by atoms with Gasteiger partial charge in [-0.25, -0.2) is 4.79 Å². The van der Waals surface area contributed by atoms with Crippen molar-refractivity contribution in [1.29, 1.82) is 0 Å². The van der Waals surface area contributed by atoms with E-state index in [0.29, 0.717) is 29.2 Å². The summed E-state index contributed by atoms with van der Waals surface area (Å²) in [5.74, 6) is 0.467. The van der Waals surface area contributed by atoms with E-state index in [4.69, 9.17) is 9.39 Å². The Hall–Kier alpha value is -5.57. The molecule has 4 aliphatic rings. The van der Waals surface area contributed by atoms with Crippen LogP contribution in [0.25, 0.3) is 0 Å². The van der Waals surface area contributed by atoms with Crippen LogP contribution in [0.2, 0.25) is 0 Å². The summed E-state index contributed by atoms with van der Waals surface area (Å²) in [6.07, 6.45) is 23.7. The van der Waals surface area contributed by atoms with E-state index >= 15 is 0 Å². The first-order valence-corrected chi connectivity index (χ1v) is 27.5.